The first-order valence-electron chi connectivity index (χ1n) is 9.87. The molecule has 3 aliphatic carbocycles. The summed E-state index contributed by atoms with van der Waals surface area (Å²) in [6.45, 7) is 2.89. The molecule has 0 aliphatic heterocycles. The monoisotopic (exact) mass is 351 g/mol. The number of nitrogens with zero attached hydrogens (tertiary/aromatic N) is 2. The predicted octanol–water partition coefficient (Wildman–Crippen LogP) is 3.70. The topological polar surface area (TPSA) is 68.0 Å². The molecular formula is C21H25N3O2. The van der Waals surface area contributed by atoms with Crippen LogP contribution in [0.1, 0.15) is 49.5 Å². The van der Waals surface area contributed by atoms with Crippen LogP contribution in [0.4, 0.5) is 0 Å². The number of aromatic nitrogens is 2. The second-order valence-corrected chi connectivity index (χ2v) is 8.40. The van der Waals surface area contributed by atoms with Gasteiger partial charge >= 0.3 is 0 Å². The average Bonchev–Trinajstić information content (AvgIpc) is 3.05. The molecule has 0 radical (unpaired) electrons. The number of nitrogens with one attached hydrogen (secondary N) is 1. The summed E-state index contributed by atoms with van der Waals surface area (Å²) in [4.78, 5) is 17.6. The van der Waals surface area contributed by atoms with Crippen LogP contribution in [0.5, 0.6) is 0 Å². The molecule has 1 N–H and O–H groups in total. The van der Waals surface area contributed by atoms with Crippen LogP contribution in [0, 0.1) is 30.6 Å². The van der Waals surface area contributed by atoms with E-state index in [2.05, 4.69) is 29.5 Å². The molecule has 5 heteroatoms. The van der Waals surface area contributed by atoms with Gasteiger partial charge in [-0.25, -0.2) is 0 Å². The molecule has 3 aliphatic rings. The van der Waals surface area contributed by atoms with E-state index >= 15 is 0 Å². The van der Waals surface area contributed by atoms with E-state index < -0.39 is 0 Å². The number of rotatable bonds is 5. The highest BCUT2D eigenvalue weighted by Gasteiger charge is 2.53. The number of amides is 1. The van der Waals surface area contributed by atoms with Gasteiger partial charge in [-0.2, -0.15) is 4.98 Å². The molecule has 2 aromatic rings. The third kappa shape index (κ3) is 2.83. The van der Waals surface area contributed by atoms with E-state index in [1.807, 2.05) is 12.1 Å². The van der Waals surface area contributed by atoms with E-state index in [0.717, 1.165) is 24.9 Å². The Morgan fingerprint density at radius 1 is 1.23 bits per heavy atom. The first kappa shape index (κ1) is 16.0. The highest BCUT2D eigenvalue weighted by molar-refractivity contribution is 5.80. The number of carbonyl (C=O) groups excluding carboxylic acids is 1. The Bertz CT molecular complexity index is 826. The summed E-state index contributed by atoms with van der Waals surface area (Å²) < 4.78 is 5.67. The van der Waals surface area contributed by atoms with E-state index in [1.165, 1.54) is 24.8 Å². The molecule has 26 heavy (non-hydrogen) atoms. The first-order chi connectivity index (χ1) is 12.7. The largest absolute Gasteiger partial charge is 0.356 e. The van der Waals surface area contributed by atoms with Gasteiger partial charge in [-0.3, -0.25) is 4.79 Å². The molecule has 1 aromatic carbocycles. The zero-order valence-corrected chi connectivity index (χ0v) is 15.1. The second-order valence-electron chi connectivity index (χ2n) is 8.40. The fourth-order valence-corrected chi connectivity index (χ4v) is 4.98. The molecule has 0 spiro atoms. The van der Waals surface area contributed by atoms with Crippen LogP contribution in [0.15, 0.2) is 28.8 Å². The average molecular weight is 351 g/mol. The van der Waals surface area contributed by atoms with Crippen LogP contribution in [0.2, 0.25) is 0 Å². The molecule has 5 nitrogen and oxygen atoms in total. The van der Waals surface area contributed by atoms with Crippen molar-refractivity contribution in [3.05, 3.63) is 35.7 Å². The fourth-order valence-electron chi connectivity index (χ4n) is 4.98. The summed E-state index contributed by atoms with van der Waals surface area (Å²) in [5.74, 6) is 3.24. The second kappa shape index (κ2) is 6.22. The number of hydrogen-bond acceptors (Lipinski definition) is 4. The Morgan fingerprint density at radius 2 is 2.08 bits per heavy atom. The van der Waals surface area contributed by atoms with Crippen molar-refractivity contribution in [2.75, 3.05) is 6.54 Å². The fraction of sp³-hybridized carbons (Fsp3) is 0.571. The Morgan fingerprint density at radius 3 is 2.88 bits per heavy atom. The smallest absolute Gasteiger partial charge is 0.231 e. The molecule has 3 saturated carbocycles. The summed E-state index contributed by atoms with van der Waals surface area (Å²) in [5, 5.41) is 7.40. The van der Waals surface area contributed by atoms with E-state index in [1.54, 1.807) is 0 Å². The summed E-state index contributed by atoms with van der Waals surface area (Å²) in [6, 6.07) is 8.13. The van der Waals surface area contributed by atoms with Crippen molar-refractivity contribution in [3.8, 4) is 11.4 Å². The van der Waals surface area contributed by atoms with Gasteiger partial charge in [0.05, 0.1) is 11.8 Å². The molecule has 4 atom stereocenters. The first-order valence-corrected chi connectivity index (χ1v) is 9.87. The van der Waals surface area contributed by atoms with Crippen LogP contribution >= 0.6 is 0 Å². The third-order valence-electron chi connectivity index (χ3n) is 6.48. The van der Waals surface area contributed by atoms with Gasteiger partial charge < -0.3 is 9.84 Å². The van der Waals surface area contributed by atoms with E-state index in [-0.39, 0.29) is 17.7 Å². The van der Waals surface area contributed by atoms with Crippen LogP contribution in [-0.2, 0) is 4.79 Å². The number of benzene rings is 1. The lowest BCUT2D eigenvalue weighted by atomic mass is 9.78. The normalized spacial score (nSPS) is 29.9. The Kier molecular flexibility index (Phi) is 3.84. The van der Waals surface area contributed by atoms with Crippen molar-refractivity contribution in [2.45, 2.75) is 44.9 Å². The van der Waals surface area contributed by atoms with Crippen LogP contribution in [0.3, 0.4) is 0 Å². The molecule has 1 amide bonds. The molecule has 136 valence electrons. The molecule has 1 aromatic heterocycles. The van der Waals surface area contributed by atoms with Crippen molar-refractivity contribution < 1.29 is 9.32 Å². The summed E-state index contributed by atoms with van der Waals surface area (Å²) >= 11 is 0. The van der Waals surface area contributed by atoms with Crippen LogP contribution < -0.4 is 5.32 Å². The zero-order valence-electron chi connectivity index (χ0n) is 15.1. The zero-order chi connectivity index (χ0) is 17.7. The van der Waals surface area contributed by atoms with Crippen molar-refractivity contribution >= 4 is 5.91 Å². The molecule has 1 heterocycles. The SMILES string of the molecule is Cc1cccc(-c2noc([C@H]3[C@@H]4CC[C@@H](C4)[C@@H]3C(=O)NCC3CC3)n2)c1. The van der Waals surface area contributed by atoms with E-state index in [0.29, 0.717) is 29.5 Å². The van der Waals surface area contributed by atoms with Gasteiger partial charge in [0.1, 0.15) is 0 Å². The Labute approximate surface area is 153 Å². The van der Waals surface area contributed by atoms with Gasteiger partial charge in [-0.15, -0.1) is 0 Å². The minimum absolute atomic E-state index is 0.00157. The van der Waals surface area contributed by atoms with Crippen molar-refractivity contribution in [1.29, 1.82) is 0 Å². The minimum Gasteiger partial charge on any atom is -0.356 e. The molecular weight excluding hydrogens is 326 g/mol. The van der Waals surface area contributed by atoms with Gasteiger partial charge in [0, 0.05) is 12.1 Å². The Balaban J connectivity index is 1.39. The lowest BCUT2D eigenvalue weighted by Crippen LogP contribution is -2.38. The summed E-state index contributed by atoms with van der Waals surface area (Å²) in [5.41, 5.74) is 2.14. The standard InChI is InChI=1S/C21H25N3O2/c1-12-3-2-4-16(9-12)19-23-21(26-24-19)18-15-8-7-14(10-15)17(18)20(25)22-11-13-5-6-13/h2-4,9,13-15,17-18H,5-8,10-11H2,1H3,(H,22,25)/t14-,15+,17-,18-/m0/s1. The number of fused-ring (bicyclic) bond motifs is 2. The van der Waals surface area contributed by atoms with Crippen LogP contribution in [0.25, 0.3) is 11.4 Å². The molecule has 5 rings (SSSR count). The minimum atomic E-state index is -0.00157. The highest BCUT2D eigenvalue weighted by Crippen LogP contribution is 2.56. The Hall–Kier alpha value is -2.17. The van der Waals surface area contributed by atoms with E-state index in [9.17, 15) is 4.79 Å². The number of aryl methyl sites for hydroxylation is 1. The van der Waals surface area contributed by atoms with Crippen molar-refractivity contribution in [2.24, 2.45) is 23.7 Å². The van der Waals surface area contributed by atoms with Crippen molar-refractivity contribution in [1.82, 2.24) is 15.5 Å². The third-order valence-corrected chi connectivity index (χ3v) is 6.48. The molecule has 3 fully saturated rings. The predicted molar refractivity (Wildman–Crippen MR) is 97.3 cm³/mol. The van der Waals surface area contributed by atoms with Gasteiger partial charge in [-0.1, -0.05) is 28.9 Å². The van der Waals surface area contributed by atoms with Gasteiger partial charge in [0.2, 0.25) is 17.6 Å². The van der Waals surface area contributed by atoms with Gasteiger partial charge in [-0.05, 0) is 62.8 Å². The maximum absolute atomic E-state index is 12.9. The number of hydrogen-bond donors (Lipinski definition) is 1. The van der Waals surface area contributed by atoms with Gasteiger partial charge in [0.25, 0.3) is 0 Å². The van der Waals surface area contributed by atoms with Gasteiger partial charge in [0.15, 0.2) is 0 Å². The maximum Gasteiger partial charge on any atom is 0.231 e. The summed E-state index contributed by atoms with van der Waals surface area (Å²) in [7, 11) is 0. The molecule has 0 saturated heterocycles. The number of carbonyl (C=O) groups is 1. The van der Waals surface area contributed by atoms with E-state index in [4.69, 9.17) is 9.51 Å². The molecule has 2 bridgehead atoms. The lowest BCUT2D eigenvalue weighted by Gasteiger charge is -2.27. The summed E-state index contributed by atoms with van der Waals surface area (Å²) in [6.07, 6.45) is 5.95. The van der Waals surface area contributed by atoms with Crippen molar-refractivity contribution in [3.63, 3.8) is 0 Å². The quantitative estimate of drug-likeness (QED) is 0.892. The van der Waals surface area contributed by atoms with Crippen LogP contribution in [-0.4, -0.2) is 22.6 Å². The molecule has 0 unspecified atom stereocenters. The highest BCUT2D eigenvalue weighted by atomic mass is 16.5. The maximum atomic E-state index is 12.9. The lowest BCUT2D eigenvalue weighted by molar-refractivity contribution is -0.127.